The Morgan fingerprint density at radius 2 is 1.96 bits per heavy atom. The van der Waals surface area contributed by atoms with Gasteiger partial charge in [-0.3, -0.25) is 4.79 Å². The number of fused-ring (bicyclic) bond motifs is 1. The number of unbranched alkanes of at least 4 members (excludes halogenated alkanes) is 1. The highest BCUT2D eigenvalue weighted by atomic mass is 79.9. The molecule has 1 aromatic heterocycles. The number of halogens is 1. The maximum Gasteiger partial charge on any atom is 0.307 e. The van der Waals surface area contributed by atoms with Gasteiger partial charge in [-0.1, -0.05) is 40.2 Å². The van der Waals surface area contributed by atoms with Gasteiger partial charge in [0.2, 0.25) is 0 Å². The Balaban J connectivity index is 2.13. The molecule has 0 saturated carbocycles. The minimum absolute atomic E-state index is 0.0354. The van der Waals surface area contributed by atoms with Crippen LogP contribution in [0.3, 0.4) is 0 Å². The van der Waals surface area contributed by atoms with Gasteiger partial charge in [0.25, 0.3) is 0 Å². The zero-order valence-electron chi connectivity index (χ0n) is 13.9. The number of carboxylic acid groups (broad SMARTS) is 1. The Labute approximate surface area is 155 Å². The lowest BCUT2D eigenvalue weighted by Crippen LogP contribution is -2.00. The van der Waals surface area contributed by atoms with Crippen LogP contribution in [0.1, 0.15) is 24.0 Å². The molecule has 4 N–H and O–H groups in total. The van der Waals surface area contributed by atoms with Crippen LogP contribution in [0.2, 0.25) is 0 Å². The SMILES string of the molecule is NCCCCc1c(-c2ccccc2Br)[nH]c2ccc(CC(=O)O)cc12. The highest BCUT2D eigenvalue weighted by Gasteiger charge is 2.15. The first-order valence-corrected chi connectivity index (χ1v) is 9.19. The molecule has 0 aliphatic carbocycles. The fourth-order valence-corrected chi connectivity index (χ4v) is 3.66. The van der Waals surface area contributed by atoms with E-state index in [2.05, 4.69) is 27.0 Å². The van der Waals surface area contributed by atoms with Crippen molar-refractivity contribution in [3.8, 4) is 11.3 Å². The van der Waals surface area contributed by atoms with E-state index < -0.39 is 5.97 Å². The second-order valence-corrected chi connectivity index (χ2v) is 7.01. The first kappa shape index (κ1) is 17.7. The van der Waals surface area contributed by atoms with Gasteiger partial charge in [0, 0.05) is 20.9 Å². The average Bonchev–Trinajstić information content (AvgIpc) is 2.93. The minimum Gasteiger partial charge on any atom is -0.481 e. The van der Waals surface area contributed by atoms with Crippen LogP contribution in [0.5, 0.6) is 0 Å². The zero-order chi connectivity index (χ0) is 17.8. The van der Waals surface area contributed by atoms with Crippen molar-refractivity contribution in [2.24, 2.45) is 5.73 Å². The summed E-state index contributed by atoms with van der Waals surface area (Å²) in [6.07, 6.45) is 2.92. The van der Waals surface area contributed by atoms with Gasteiger partial charge >= 0.3 is 5.97 Å². The highest BCUT2D eigenvalue weighted by Crippen LogP contribution is 2.35. The van der Waals surface area contributed by atoms with Gasteiger partial charge in [0.05, 0.1) is 12.1 Å². The van der Waals surface area contributed by atoms with Crippen molar-refractivity contribution >= 4 is 32.8 Å². The van der Waals surface area contributed by atoms with Crippen LogP contribution in [-0.2, 0) is 17.6 Å². The number of aliphatic carboxylic acids is 1. The Bertz CT molecular complexity index is 902. The fraction of sp³-hybridized carbons (Fsp3) is 0.250. The van der Waals surface area contributed by atoms with Crippen LogP contribution in [0.15, 0.2) is 46.9 Å². The summed E-state index contributed by atoms with van der Waals surface area (Å²) in [5.41, 5.74) is 10.9. The smallest absolute Gasteiger partial charge is 0.307 e. The van der Waals surface area contributed by atoms with Crippen molar-refractivity contribution < 1.29 is 9.90 Å². The summed E-state index contributed by atoms with van der Waals surface area (Å²) >= 11 is 3.64. The number of rotatable bonds is 7. The Morgan fingerprint density at radius 1 is 1.16 bits per heavy atom. The number of carbonyl (C=O) groups is 1. The lowest BCUT2D eigenvalue weighted by Gasteiger charge is -2.07. The summed E-state index contributed by atoms with van der Waals surface area (Å²) < 4.78 is 1.03. The van der Waals surface area contributed by atoms with E-state index in [1.165, 1.54) is 5.56 Å². The van der Waals surface area contributed by atoms with E-state index in [0.717, 1.165) is 51.5 Å². The summed E-state index contributed by atoms with van der Waals surface area (Å²) in [7, 11) is 0. The first-order chi connectivity index (χ1) is 12.1. The molecule has 3 aromatic rings. The van der Waals surface area contributed by atoms with Crippen molar-refractivity contribution in [1.29, 1.82) is 0 Å². The largest absolute Gasteiger partial charge is 0.481 e. The molecule has 0 bridgehead atoms. The first-order valence-electron chi connectivity index (χ1n) is 8.40. The van der Waals surface area contributed by atoms with E-state index in [4.69, 9.17) is 10.8 Å². The van der Waals surface area contributed by atoms with E-state index in [1.807, 2.05) is 36.4 Å². The van der Waals surface area contributed by atoms with E-state index in [-0.39, 0.29) is 6.42 Å². The molecule has 2 aromatic carbocycles. The average molecular weight is 401 g/mol. The van der Waals surface area contributed by atoms with Crippen LogP contribution >= 0.6 is 15.9 Å². The molecule has 0 saturated heterocycles. The van der Waals surface area contributed by atoms with Crippen molar-refractivity contribution in [3.05, 3.63) is 58.1 Å². The summed E-state index contributed by atoms with van der Waals surface area (Å²) in [5, 5.41) is 10.2. The number of aryl methyl sites for hydroxylation is 1. The van der Waals surface area contributed by atoms with Crippen molar-refractivity contribution in [2.75, 3.05) is 6.54 Å². The van der Waals surface area contributed by atoms with Crippen molar-refractivity contribution in [3.63, 3.8) is 0 Å². The summed E-state index contributed by atoms with van der Waals surface area (Å²) in [4.78, 5) is 14.6. The number of aromatic nitrogens is 1. The standard InChI is InChI=1S/C20H21BrN2O2/c21-17-7-2-1-6-15(17)20-14(5-3-4-10-22)16-11-13(12-19(24)25)8-9-18(16)23-20/h1-2,6-9,11,23H,3-5,10,12,22H2,(H,24,25). The van der Waals surface area contributed by atoms with Crippen LogP contribution in [0, 0.1) is 0 Å². The molecule has 5 heteroatoms. The quantitative estimate of drug-likeness (QED) is 0.510. The normalized spacial score (nSPS) is 11.1. The second-order valence-electron chi connectivity index (χ2n) is 6.15. The number of benzene rings is 2. The van der Waals surface area contributed by atoms with E-state index >= 15 is 0 Å². The predicted molar refractivity (Wildman–Crippen MR) is 105 cm³/mol. The van der Waals surface area contributed by atoms with Crippen LogP contribution < -0.4 is 5.73 Å². The molecule has 4 nitrogen and oxygen atoms in total. The van der Waals surface area contributed by atoms with Gasteiger partial charge in [0.15, 0.2) is 0 Å². The molecule has 0 unspecified atom stereocenters. The molecular formula is C20H21BrN2O2. The topological polar surface area (TPSA) is 79.1 Å². The summed E-state index contributed by atoms with van der Waals surface area (Å²) in [6.45, 7) is 0.678. The number of aromatic amines is 1. The molecule has 0 aliphatic rings. The number of carboxylic acids is 1. The zero-order valence-corrected chi connectivity index (χ0v) is 15.5. The third kappa shape index (κ3) is 3.94. The molecule has 0 radical (unpaired) electrons. The minimum atomic E-state index is -0.814. The molecule has 130 valence electrons. The van der Waals surface area contributed by atoms with Crippen LogP contribution in [0.4, 0.5) is 0 Å². The number of hydrogen-bond donors (Lipinski definition) is 3. The van der Waals surface area contributed by atoms with Gasteiger partial charge in [0.1, 0.15) is 0 Å². The molecule has 25 heavy (non-hydrogen) atoms. The second kappa shape index (κ2) is 7.85. The van der Waals surface area contributed by atoms with E-state index in [1.54, 1.807) is 0 Å². The molecule has 1 heterocycles. The third-order valence-electron chi connectivity index (χ3n) is 4.35. The molecular weight excluding hydrogens is 380 g/mol. The molecule has 0 amide bonds. The Morgan fingerprint density at radius 3 is 2.68 bits per heavy atom. The van der Waals surface area contributed by atoms with Gasteiger partial charge in [-0.05, 0) is 55.1 Å². The number of nitrogens with two attached hydrogens (primary N) is 1. The highest BCUT2D eigenvalue weighted by molar-refractivity contribution is 9.10. The molecule has 0 atom stereocenters. The van der Waals surface area contributed by atoms with Gasteiger partial charge in [-0.2, -0.15) is 0 Å². The fourth-order valence-electron chi connectivity index (χ4n) is 3.18. The molecule has 0 aliphatic heterocycles. The van der Waals surface area contributed by atoms with Crippen molar-refractivity contribution in [1.82, 2.24) is 4.98 Å². The third-order valence-corrected chi connectivity index (χ3v) is 5.04. The number of hydrogen-bond acceptors (Lipinski definition) is 2. The van der Waals surface area contributed by atoms with Gasteiger partial charge in [-0.25, -0.2) is 0 Å². The predicted octanol–water partition coefficient (Wildman–Crippen LogP) is 4.51. The Hall–Kier alpha value is -2.11. The molecule has 3 rings (SSSR count). The van der Waals surface area contributed by atoms with Crippen LogP contribution in [-0.4, -0.2) is 22.6 Å². The van der Waals surface area contributed by atoms with E-state index in [9.17, 15) is 4.79 Å². The summed E-state index contributed by atoms with van der Waals surface area (Å²) in [5.74, 6) is -0.814. The molecule has 0 fully saturated rings. The summed E-state index contributed by atoms with van der Waals surface area (Å²) in [6, 6.07) is 14.0. The number of H-pyrrole nitrogens is 1. The number of nitrogens with one attached hydrogen (secondary N) is 1. The Kier molecular flexibility index (Phi) is 5.56. The maximum absolute atomic E-state index is 11.0. The van der Waals surface area contributed by atoms with Crippen molar-refractivity contribution in [2.45, 2.75) is 25.7 Å². The monoisotopic (exact) mass is 400 g/mol. The molecule has 0 spiro atoms. The maximum atomic E-state index is 11.0. The van der Waals surface area contributed by atoms with Gasteiger partial charge in [-0.15, -0.1) is 0 Å². The lowest BCUT2D eigenvalue weighted by atomic mass is 9.99. The lowest BCUT2D eigenvalue weighted by molar-refractivity contribution is -0.136. The van der Waals surface area contributed by atoms with E-state index in [0.29, 0.717) is 6.54 Å². The van der Waals surface area contributed by atoms with Gasteiger partial charge < -0.3 is 15.8 Å². The van der Waals surface area contributed by atoms with Crippen LogP contribution in [0.25, 0.3) is 22.2 Å².